The van der Waals surface area contributed by atoms with E-state index in [1.807, 2.05) is 37.3 Å². The molecule has 0 unspecified atom stereocenters. The maximum atomic E-state index is 12.7. The molecule has 0 saturated carbocycles. The Kier molecular flexibility index (Phi) is 4.34. The zero-order valence-electron chi connectivity index (χ0n) is 13.3. The number of amides is 1. The van der Waals surface area contributed by atoms with E-state index in [-0.39, 0.29) is 11.8 Å². The number of carbonyl (C=O) groups is 1. The van der Waals surface area contributed by atoms with Crippen molar-refractivity contribution in [2.75, 3.05) is 5.32 Å². The molecular formula is C17H18N4OS. The molecular weight excluding hydrogens is 308 g/mol. The molecule has 0 bridgehead atoms. The van der Waals surface area contributed by atoms with Crippen LogP contribution in [-0.4, -0.2) is 21.1 Å². The molecule has 0 aliphatic heterocycles. The summed E-state index contributed by atoms with van der Waals surface area (Å²) in [6, 6.07) is 9.55. The third-order valence-electron chi connectivity index (χ3n) is 3.56. The SMILES string of the molecule is CCc1nnc(NC(=O)c2cc(C(C)C)nc3ccccc23)s1. The smallest absolute Gasteiger partial charge is 0.258 e. The zero-order valence-corrected chi connectivity index (χ0v) is 14.1. The Hall–Kier alpha value is -2.34. The van der Waals surface area contributed by atoms with E-state index in [1.54, 1.807) is 0 Å². The topological polar surface area (TPSA) is 67.8 Å². The van der Waals surface area contributed by atoms with Gasteiger partial charge in [0.2, 0.25) is 5.13 Å². The number of nitrogens with zero attached hydrogens (tertiary/aromatic N) is 3. The van der Waals surface area contributed by atoms with E-state index in [4.69, 9.17) is 0 Å². The van der Waals surface area contributed by atoms with E-state index in [0.717, 1.165) is 28.0 Å². The fraction of sp³-hybridized carbons (Fsp3) is 0.294. The van der Waals surface area contributed by atoms with Crippen molar-refractivity contribution in [1.82, 2.24) is 15.2 Å². The molecule has 2 aromatic heterocycles. The number of aromatic nitrogens is 3. The summed E-state index contributed by atoms with van der Waals surface area (Å²) in [7, 11) is 0. The maximum Gasteiger partial charge on any atom is 0.258 e. The molecule has 1 N–H and O–H groups in total. The first-order valence-electron chi connectivity index (χ1n) is 7.62. The van der Waals surface area contributed by atoms with Crippen LogP contribution in [0.5, 0.6) is 0 Å². The van der Waals surface area contributed by atoms with Crippen LogP contribution >= 0.6 is 11.3 Å². The summed E-state index contributed by atoms with van der Waals surface area (Å²) in [5.74, 6) is 0.0729. The summed E-state index contributed by atoms with van der Waals surface area (Å²) in [6.45, 7) is 6.14. The predicted octanol–water partition coefficient (Wildman–Crippen LogP) is 4.02. The molecule has 2 heterocycles. The lowest BCUT2D eigenvalue weighted by Gasteiger charge is -2.11. The molecule has 0 saturated heterocycles. The molecule has 3 aromatic rings. The quantitative estimate of drug-likeness (QED) is 0.786. The normalized spacial score (nSPS) is 11.1. The molecule has 0 aliphatic rings. The standard InChI is InChI=1S/C17H18N4OS/c1-4-15-20-21-17(23-15)19-16(22)12-9-14(10(2)3)18-13-8-6-5-7-11(12)13/h5-10H,4H2,1-3H3,(H,19,21,22). The van der Waals surface area contributed by atoms with Crippen LogP contribution in [0.25, 0.3) is 10.9 Å². The molecule has 0 fully saturated rings. The number of rotatable bonds is 4. The minimum atomic E-state index is -0.177. The van der Waals surface area contributed by atoms with Crippen LogP contribution in [0, 0.1) is 0 Å². The first-order valence-corrected chi connectivity index (χ1v) is 8.43. The lowest BCUT2D eigenvalue weighted by Crippen LogP contribution is -2.13. The van der Waals surface area contributed by atoms with Gasteiger partial charge in [-0.25, -0.2) is 0 Å². The molecule has 118 valence electrons. The van der Waals surface area contributed by atoms with Crippen molar-refractivity contribution in [3.8, 4) is 0 Å². The van der Waals surface area contributed by atoms with Crippen molar-refractivity contribution in [1.29, 1.82) is 0 Å². The average molecular weight is 326 g/mol. The van der Waals surface area contributed by atoms with Gasteiger partial charge in [0.25, 0.3) is 5.91 Å². The van der Waals surface area contributed by atoms with Gasteiger partial charge in [0, 0.05) is 11.1 Å². The molecule has 0 radical (unpaired) electrons. The highest BCUT2D eigenvalue weighted by atomic mass is 32.1. The summed E-state index contributed by atoms with van der Waals surface area (Å²) in [5, 5.41) is 13.2. The van der Waals surface area contributed by atoms with Crippen LogP contribution in [0.2, 0.25) is 0 Å². The zero-order chi connectivity index (χ0) is 16.4. The Labute approximate surface area is 138 Å². The Morgan fingerprint density at radius 1 is 1.26 bits per heavy atom. The third kappa shape index (κ3) is 3.22. The van der Waals surface area contributed by atoms with E-state index >= 15 is 0 Å². The van der Waals surface area contributed by atoms with E-state index in [1.165, 1.54) is 11.3 Å². The van der Waals surface area contributed by atoms with Crippen molar-refractivity contribution in [3.63, 3.8) is 0 Å². The van der Waals surface area contributed by atoms with Crippen molar-refractivity contribution >= 4 is 33.3 Å². The fourth-order valence-electron chi connectivity index (χ4n) is 2.29. The minimum absolute atomic E-state index is 0.177. The number of para-hydroxylation sites is 1. The highest BCUT2D eigenvalue weighted by Gasteiger charge is 2.16. The number of pyridine rings is 1. The van der Waals surface area contributed by atoms with Gasteiger partial charge < -0.3 is 0 Å². The maximum absolute atomic E-state index is 12.7. The van der Waals surface area contributed by atoms with Crippen LogP contribution in [0.15, 0.2) is 30.3 Å². The number of hydrogen-bond donors (Lipinski definition) is 1. The summed E-state index contributed by atoms with van der Waals surface area (Å²) in [6.07, 6.45) is 0.809. The van der Waals surface area contributed by atoms with Gasteiger partial charge in [-0.2, -0.15) is 0 Å². The predicted molar refractivity (Wildman–Crippen MR) is 93.1 cm³/mol. The Morgan fingerprint density at radius 3 is 2.74 bits per heavy atom. The number of benzene rings is 1. The van der Waals surface area contributed by atoms with E-state index < -0.39 is 0 Å². The van der Waals surface area contributed by atoms with Crippen molar-refractivity contribution in [3.05, 3.63) is 46.6 Å². The Bertz CT molecular complexity index is 857. The second-order valence-corrected chi connectivity index (χ2v) is 6.64. The number of carbonyl (C=O) groups excluding carboxylic acids is 1. The van der Waals surface area contributed by atoms with Gasteiger partial charge in [-0.05, 0) is 24.5 Å². The molecule has 6 heteroatoms. The van der Waals surface area contributed by atoms with E-state index in [9.17, 15) is 4.79 Å². The molecule has 0 aliphatic carbocycles. The first-order chi connectivity index (χ1) is 11.1. The lowest BCUT2D eigenvalue weighted by atomic mass is 10.0. The largest absolute Gasteiger partial charge is 0.296 e. The monoisotopic (exact) mass is 326 g/mol. The Morgan fingerprint density at radius 2 is 2.04 bits per heavy atom. The second kappa shape index (κ2) is 6.42. The molecule has 0 spiro atoms. The van der Waals surface area contributed by atoms with Crippen LogP contribution in [0.1, 0.15) is 47.7 Å². The van der Waals surface area contributed by atoms with Crippen molar-refractivity contribution < 1.29 is 4.79 Å². The van der Waals surface area contributed by atoms with Crippen LogP contribution in [-0.2, 0) is 6.42 Å². The third-order valence-corrected chi connectivity index (χ3v) is 4.54. The number of fused-ring (bicyclic) bond motifs is 1. The molecule has 1 amide bonds. The van der Waals surface area contributed by atoms with E-state index in [2.05, 4.69) is 34.3 Å². The highest BCUT2D eigenvalue weighted by molar-refractivity contribution is 7.15. The molecule has 1 aromatic carbocycles. The van der Waals surface area contributed by atoms with Gasteiger partial charge in [-0.3, -0.25) is 15.1 Å². The van der Waals surface area contributed by atoms with Gasteiger partial charge in [-0.1, -0.05) is 50.3 Å². The van der Waals surface area contributed by atoms with Gasteiger partial charge in [-0.15, -0.1) is 10.2 Å². The van der Waals surface area contributed by atoms with Gasteiger partial charge in [0.05, 0.1) is 11.1 Å². The molecule has 3 rings (SSSR count). The minimum Gasteiger partial charge on any atom is -0.296 e. The first kappa shape index (κ1) is 15.6. The molecule has 0 atom stereocenters. The number of aryl methyl sites for hydroxylation is 1. The number of hydrogen-bond acceptors (Lipinski definition) is 5. The van der Waals surface area contributed by atoms with Gasteiger partial charge in [0.1, 0.15) is 5.01 Å². The highest BCUT2D eigenvalue weighted by Crippen LogP contribution is 2.24. The fourth-order valence-corrected chi connectivity index (χ4v) is 2.97. The molecule has 23 heavy (non-hydrogen) atoms. The lowest BCUT2D eigenvalue weighted by molar-refractivity contribution is 0.102. The summed E-state index contributed by atoms with van der Waals surface area (Å²) >= 11 is 1.40. The van der Waals surface area contributed by atoms with Crippen LogP contribution in [0.3, 0.4) is 0 Å². The Balaban J connectivity index is 2.01. The summed E-state index contributed by atoms with van der Waals surface area (Å²) in [4.78, 5) is 17.3. The molecule has 5 nitrogen and oxygen atoms in total. The number of anilines is 1. The summed E-state index contributed by atoms with van der Waals surface area (Å²) in [5.41, 5.74) is 2.35. The van der Waals surface area contributed by atoms with Gasteiger partial charge >= 0.3 is 0 Å². The van der Waals surface area contributed by atoms with Crippen LogP contribution in [0.4, 0.5) is 5.13 Å². The van der Waals surface area contributed by atoms with Crippen molar-refractivity contribution in [2.45, 2.75) is 33.1 Å². The average Bonchev–Trinajstić information content (AvgIpc) is 3.01. The second-order valence-electron chi connectivity index (χ2n) is 5.58. The van der Waals surface area contributed by atoms with Crippen molar-refractivity contribution in [2.24, 2.45) is 0 Å². The number of nitrogens with one attached hydrogen (secondary N) is 1. The van der Waals surface area contributed by atoms with Gasteiger partial charge in [0.15, 0.2) is 0 Å². The summed E-state index contributed by atoms with van der Waals surface area (Å²) < 4.78 is 0. The van der Waals surface area contributed by atoms with E-state index in [0.29, 0.717) is 10.7 Å². The van der Waals surface area contributed by atoms with Crippen LogP contribution < -0.4 is 5.32 Å².